The highest BCUT2D eigenvalue weighted by Crippen LogP contribution is 2.53. The normalized spacial score (nSPS) is 28.9. The molecule has 0 unspecified atom stereocenters. The van der Waals surface area contributed by atoms with Crippen molar-refractivity contribution in [2.45, 2.75) is 64.1 Å². The van der Waals surface area contributed by atoms with Crippen LogP contribution in [-0.2, 0) is 24.7 Å². The van der Waals surface area contributed by atoms with Crippen LogP contribution in [0.4, 0.5) is 8.78 Å². The summed E-state index contributed by atoms with van der Waals surface area (Å²) >= 11 is 0. The number of imide groups is 1. The second kappa shape index (κ2) is 9.56. The molecular weight excluding hydrogens is 490 g/mol. The topological polar surface area (TPSA) is 75.7 Å². The number of halogens is 2. The van der Waals surface area contributed by atoms with E-state index in [9.17, 15) is 23.2 Å². The van der Waals surface area contributed by atoms with Crippen molar-refractivity contribution in [1.82, 2.24) is 10.2 Å². The number of carbonyl (C=O) groups is 3. The molecule has 0 radical (unpaired) electrons. The molecule has 2 saturated heterocycles. The van der Waals surface area contributed by atoms with E-state index >= 15 is 0 Å². The van der Waals surface area contributed by atoms with E-state index in [2.05, 4.69) is 26.1 Å². The number of rotatable bonds is 4. The quantitative estimate of drug-likeness (QED) is 0.469. The molecule has 0 spiro atoms. The Morgan fingerprint density at radius 1 is 0.895 bits per heavy atom. The number of methoxy groups -OCH3 is 1. The molecule has 5 rings (SSSR count). The lowest BCUT2D eigenvalue weighted by atomic mass is 9.71. The van der Waals surface area contributed by atoms with Gasteiger partial charge in [0, 0.05) is 6.04 Å². The number of carbonyl (C=O) groups excluding carboxylic acids is 3. The predicted molar refractivity (Wildman–Crippen MR) is 137 cm³/mol. The monoisotopic (exact) mass is 524 g/mol. The fraction of sp³-hybridized carbons (Fsp3) is 0.500. The van der Waals surface area contributed by atoms with Gasteiger partial charge in [0.15, 0.2) is 0 Å². The van der Waals surface area contributed by atoms with E-state index < -0.39 is 46.9 Å². The maximum absolute atomic E-state index is 14.3. The first-order valence-electron chi connectivity index (χ1n) is 13.2. The van der Waals surface area contributed by atoms with Crippen LogP contribution in [0.15, 0.2) is 48.5 Å². The van der Waals surface area contributed by atoms with Crippen LogP contribution in [0.2, 0.25) is 0 Å². The average Bonchev–Trinajstić information content (AvgIpc) is 3.38. The first-order chi connectivity index (χ1) is 18.0. The van der Waals surface area contributed by atoms with Gasteiger partial charge in [-0.05, 0) is 72.4 Å². The Labute approximate surface area is 221 Å². The molecule has 3 aliphatic rings. The molecule has 3 atom stereocenters. The SMILES string of the molecule is COC(=O)[C@@H]1NC(c2ccc(F)cc2)(c2ccc(F)cc2)[C@@H]2C(=O)N(C3CCC(C(C)(C)C)CC3)C(=O)[C@@H]21. The molecule has 1 aliphatic carbocycles. The largest absolute Gasteiger partial charge is 0.468 e. The Morgan fingerprint density at radius 3 is 1.84 bits per heavy atom. The van der Waals surface area contributed by atoms with Crippen LogP contribution < -0.4 is 5.32 Å². The molecule has 3 fully saturated rings. The van der Waals surface area contributed by atoms with Crippen LogP contribution in [0.1, 0.15) is 57.6 Å². The zero-order valence-electron chi connectivity index (χ0n) is 22.2. The Bertz CT molecular complexity index is 1180. The fourth-order valence-corrected chi connectivity index (χ4v) is 6.94. The van der Waals surface area contributed by atoms with Gasteiger partial charge in [-0.1, -0.05) is 45.0 Å². The number of esters is 1. The summed E-state index contributed by atoms with van der Waals surface area (Å²) in [6.07, 6.45) is 3.21. The predicted octanol–water partition coefficient (Wildman–Crippen LogP) is 4.56. The van der Waals surface area contributed by atoms with Crippen molar-refractivity contribution in [2.24, 2.45) is 23.2 Å². The minimum Gasteiger partial charge on any atom is -0.468 e. The second-order valence-electron chi connectivity index (χ2n) is 11.9. The van der Waals surface area contributed by atoms with E-state index in [1.54, 1.807) is 0 Å². The summed E-state index contributed by atoms with van der Waals surface area (Å²) < 4.78 is 33.0. The minimum absolute atomic E-state index is 0.140. The van der Waals surface area contributed by atoms with Crippen molar-refractivity contribution in [3.63, 3.8) is 0 Å². The van der Waals surface area contributed by atoms with E-state index in [1.165, 1.54) is 60.5 Å². The Balaban J connectivity index is 1.62. The third kappa shape index (κ3) is 4.13. The lowest BCUT2D eigenvalue weighted by Crippen LogP contribution is -2.53. The summed E-state index contributed by atoms with van der Waals surface area (Å²) in [7, 11) is 1.24. The van der Waals surface area contributed by atoms with Gasteiger partial charge in [-0.25, -0.2) is 8.78 Å². The maximum atomic E-state index is 14.3. The number of hydrogen-bond acceptors (Lipinski definition) is 5. The third-order valence-corrected chi connectivity index (χ3v) is 8.93. The number of fused-ring (bicyclic) bond motifs is 1. The van der Waals surface area contributed by atoms with E-state index in [1.807, 2.05) is 0 Å². The third-order valence-electron chi connectivity index (χ3n) is 8.93. The van der Waals surface area contributed by atoms with Gasteiger partial charge in [0.2, 0.25) is 11.8 Å². The maximum Gasteiger partial charge on any atom is 0.323 e. The zero-order valence-corrected chi connectivity index (χ0v) is 22.2. The summed E-state index contributed by atoms with van der Waals surface area (Å²) in [6, 6.07) is 9.89. The molecule has 2 aromatic rings. The van der Waals surface area contributed by atoms with Crippen molar-refractivity contribution in [1.29, 1.82) is 0 Å². The highest BCUT2D eigenvalue weighted by Gasteiger charge is 2.68. The summed E-state index contributed by atoms with van der Waals surface area (Å²) in [5, 5.41) is 3.25. The number of benzene rings is 2. The number of hydrogen-bond donors (Lipinski definition) is 1. The number of ether oxygens (including phenoxy) is 1. The molecule has 202 valence electrons. The molecule has 2 amide bonds. The molecule has 0 aromatic heterocycles. The van der Waals surface area contributed by atoms with Gasteiger partial charge in [0.05, 0.1) is 24.5 Å². The van der Waals surface area contributed by atoms with E-state index in [0.29, 0.717) is 29.9 Å². The molecule has 0 bridgehead atoms. The van der Waals surface area contributed by atoms with Gasteiger partial charge < -0.3 is 4.74 Å². The van der Waals surface area contributed by atoms with Crippen molar-refractivity contribution in [2.75, 3.05) is 7.11 Å². The van der Waals surface area contributed by atoms with Gasteiger partial charge in [-0.3, -0.25) is 24.6 Å². The number of likely N-dealkylation sites (tertiary alicyclic amines) is 1. The van der Waals surface area contributed by atoms with Crippen LogP contribution in [0.25, 0.3) is 0 Å². The first kappa shape index (κ1) is 26.5. The standard InChI is InChI=1S/C30H34F2N2O4/c1-29(2,3)17-9-15-22(16-10-17)34-26(35)23-24(27(34)36)30(33-25(23)28(37)38-4,18-5-11-20(31)12-6-18)19-7-13-21(32)14-8-19/h5-8,11-14,17,22-25,33H,9-10,15-16H2,1-4H3/t17?,22?,23-,24-,25+/m0/s1. The van der Waals surface area contributed by atoms with Crippen molar-refractivity contribution < 1.29 is 27.9 Å². The number of nitrogens with one attached hydrogen (secondary N) is 1. The summed E-state index contributed by atoms with van der Waals surface area (Å²) in [5.74, 6) is -3.86. The molecule has 1 saturated carbocycles. The van der Waals surface area contributed by atoms with Crippen LogP contribution in [0.5, 0.6) is 0 Å². The number of amides is 2. The van der Waals surface area contributed by atoms with Crippen LogP contribution in [0.3, 0.4) is 0 Å². The highest BCUT2D eigenvalue weighted by atomic mass is 19.1. The lowest BCUT2D eigenvalue weighted by molar-refractivity contribution is -0.150. The van der Waals surface area contributed by atoms with Gasteiger partial charge in [0.25, 0.3) is 0 Å². The minimum atomic E-state index is -1.37. The Kier molecular flexibility index (Phi) is 6.66. The van der Waals surface area contributed by atoms with Crippen LogP contribution in [0, 0.1) is 34.8 Å². The molecule has 2 aromatic carbocycles. The Hall–Kier alpha value is -3.13. The zero-order chi connectivity index (χ0) is 27.4. The van der Waals surface area contributed by atoms with E-state index in [4.69, 9.17) is 4.74 Å². The molecular formula is C30H34F2N2O4. The summed E-state index contributed by atoms with van der Waals surface area (Å²) in [5.41, 5.74) is -0.215. The molecule has 2 aliphatic heterocycles. The molecule has 38 heavy (non-hydrogen) atoms. The molecule has 2 heterocycles. The summed E-state index contributed by atoms with van der Waals surface area (Å²) in [4.78, 5) is 42.7. The van der Waals surface area contributed by atoms with Crippen molar-refractivity contribution >= 4 is 17.8 Å². The van der Waals surface area contributed by atoms with E-state index in [-0.39, 0.29) is 17.4 Å². The molecule has 6 nitrogen and oxygen atoms in total. The second-order valence-corrected chi connectivity index (χ2v) is 11.9. The van der Waals surface area contributed by atoms with Crippen molar-refractivity contribution in [3.05, 3.63) is 71.3 Å². The first-order valence-corrected chi connectivity index (χ1v) is 13.2. The lowest BCUT2D eigenvalue weighted by Gasteiger charge is -2.41. The van der Waals surface area contributed by atoms with Crippen LogP contribution >= 0.6 is 0 Å². The van der Waals surface area contributed by atoms with E-state index in [0.717, 1.165) is 12.8 Å². The smallest absolute Gasteiger partial charge is 0.323 e. The fourth-order valence-electron chi connectivity index (χ4n) is 6.94. The van der Waals surface area contributed by atoms with Gasteiger partial charge in [-0.2, -0.15) is 0 Å². The average molecular weight is 525 g/mol. The molecule has 1 N–H and O–H groups in total. The molecule has 8 heteroatoms. The van der Waals surface area contributed by atoms with Crippen LogP contribution in [-0.4, -0.2) is 41.9 Å². The Morgan fingerprint density at radius 2 is 1.39 bits per heavy atom. The van der Waals surface area contributed by atoms with Crippen molar-refractivity contribution in [3.8, 4) is 0 Å². The summed E-state index contributed by atoms with van der Waals surface area (Å²) in [6.45, 7) is 6.63. The van der Waals surface area contributed by atoms with Gasteiger partial charge in [-0.15, -0.1) is 0 Å². The highest BCUT2D eigenvalue weighted by molar-refractivity contribution is 6.09. The number of nitrogens with zero attached hydrogens (tertiary/aromatic N) is 1. The van der Waals surface area contributed by atoms with Gasteiger partial charge >= 0.3 is 5.97 Å². The van der Waals surface area contributed by atoms with Gasteiger partial charge in [0.1, 0.15) is 17.7 Å².